The zero-order valence-corrected chi connectivity index (χ0v) is 15.9. The first-order valence-electron chi connectivity index (χ1n) is 9.36. The van der Waals surface area contributed by atoms with Crippen LogP contribution in [0.2, 0.25) is 0 Å². The molecule has 2 aromatic carbocycles. The highest BCUT2D eigenvalue weighted by atomic mass is 16.5. The Bertz CT molecular complexity index is 956. The second-order valence-electron chi connectivity index (χ2n) is 7.71. The molecule has 0 radical (unpaired) electrons. The summed E-state index contributed by atoms with van der Waals surface area (Å²) in [6, 6.07) is 14.0. The number of nitrogens with one attached hydrogen (secondary N) is 1. The van der Waals surface area contributed by atoms with Gasteiger partial charge in [0.1, 0.15) is 17.5 Å². The van der Waals surface area contributed by atoms with Gasteiger partial charge in [-0.2, -0.15) is 0 Å². The fraction of sp³-hybridized carbons (Fsp3) is 0.364. The minimum Gasteiger partial charge on any atom is -0.485 e. The van der Waals surface area contributed by atoms with Crippen LogP contribution in [0.5, 0.6) is 5.75 Å². The summed E-state index contributed by atoms with van der Waals surface area (Å²) in [5.41, 5.74) is 4.00. The summed E-state index contributed by atoms with van der Waals surface area (Å²) >= 11 is 0. The van der Waals surface area contributed by atoms with Gasteiger partial charge in [0.05, 0.1) is 22.8 Å². The number of aliphatic hydroxyl groups excluding tert-OH is 1. The molecule has 0 bridgehead atoms. The van der Waals surface area contributed by atoms with Crippen LogP contribution in [0.25, 0.3) is 11.0 Å². The molecule has 3 aromatic rings. The Hall–Kier alpha value is -2.50. The van der Waals surface area contributed by atoms with E-state index in [0.29, 0.717) is 0 Å². The molecule has 1 aliphatic heterocycles. The summed E-state index contributed by atoms with van der Waals surface area (Å²) in [6.45, 7) is 6.52. The van der Waals surface area contributed by atoms with Crippen molar-refractivity contribution in [1.29, 1.82) is 0 Å². The van der Waals surface area contributed by atoms with Crippen molar-refractivity contribution >= 4 is 11.0 Å². The van der Waals surface area contributed by atoms with Gasteiger partial charge >= 0.3 is 0 Å². The molecule has 0 fully saturated rings. The molecule has 0 saturated heterocycles. The van der Waals surface area contributed by atoms with Gasteiger partial charge in [0, 0.05) is 17.8 Å². The van der Waals surface area contributed by atoms with Crippen LogP contribution in [0.15, 0.2) is 48.7 Å². The number of benzene rings is 2. The standard InChI is InChI=1S/C22H25N3O2/c1-14-13-24-17-11-16-19(12-18(17)25-14)27-22(2,3)21(26)20(16)23-10-9-15-7-5-4-6-8-15/h4-8,11-13,20-21,23,26H,9-10H2,1-3H3. The lowest BCUT2D eigenvalue weighted by molar-refractivity contribution is -0.0642. The van der Waals surface area contributed by atoms with Gasteiger partial charge < -0.3 is 15.2 Å². The molecule has 0 saturated carbocycles. The molecular formula is C22H25N3O2. The lowest BCUT2D eigenvalue weighted by atomic mass is 9.86. The third kappa shape index (κ3) is 3.53. The van der Waals surface area contributed by atoms with Crippen LogP contribution in [0, 0.1) is 6.92 Å². The number of hydrogen-bond donors (Lipinski definition) is 2. The summed E-state index contributed by atoms with van der Waals surface area (Å²) in [5.74, 6) is 0.759. The molecule has 2 N–H and O–H groups in total. The van der Waals surface area contributed by atoms with E-state index in [4.69, 9.17) is 4.74 Å². The van der Waals surface area contributed by atoms with Gasteiger partial charge in [0.25, 0.3) is 0 Å². The maximum atomic E-state index is 10.9. The highest BCUT2D eigenvalue weighted by Gasteiger charge is 2.42. The van der Waals surface area contributed by atoms with Crippen molar-refractivity contribution in [2.24, 2.45) is 0 Å². The number of aromatic nitrogens is 2. The zero-order chi connectivity index (χ0) is 19.0. The lowest BCUT2D eigenvalue weighted by Gasteiger charge is -2.42. The van der Waals surface area contributed by atoms with Crippen molar-refractivity contribution in [3.05, 3.63) is 65.5 Å². The molecule has 1 aliphatic rings. The summed E-state index contributed by atoms with van der Waals surface area (Å²) in [5, 5.41) is 14.5. The van der Waals surface area contributed by atoms with Crippen molar-refractivity contribution in [3.63, 3.8) is 0 Å². The Kier molecular flexibility index (Phi) is 4.58. The minimum absolute atomic E-state index is 0.222. The van der Waals surface area contributed by atoms with E-state index in [2.05, 4.69) is 27.4 Å². The average molecular weight is 363 g/mol. The van der Waals surface area contributed by atoms with E-state index in [0.717, 1.165) is 41.0 Å². The van der Waals surface area contributed by atoms with Crippen LogP contribution in [0.3, 0.4) is 0 Å². The van der Waals surface area contributed by atoms with E-state index in [1.807, 2.05) is 51.1 Å². The Morgan fingerprint density at radius 3 is 2.70 bits per heavy atom. The van der Waals surface area contributed by atoms with E-state index in [1.165, 1.54) is 5.56 Å². The molecule has 0 spiro atoms. The first-order chi connectivity index (χ1) is 12.9. The lowest BCUT2D eigenvalue weighted by Crippen LogP contribution is -2.52. The molecule has 0 aliphatic carbocycles. The van der Waals surface area contributed by atoms with Crippen molar-refractivity contribution in [2.45, 2.75) is 44.9 Å². The number of fused-ring (bicyclic) bond motifs is 2. The quantitative estimate of drug-likeness (QED) is 0.744. The monoisotopic (exact) mass is 363 g/mol. The molecule has 27 heavy (non-hydrogen) atoms. The molecule has 2 atom stereocenters. The molecular weight excluding hydrogens is 338 g/mol. The molecule has 5 nitrogen and oxygen atoms in total. The number of aliphatic hydroxyl groups is 1. The van der Waals surface area contributed by atoms with E-state index in [-0.39, 0.29) is 6.04 Å². The van der Waals surface area contributed by atoms with Gasteiger partial charge in [0.2, 0.25) is 0 Å². The maximum Gasteiger partial charge on any atom is 0.131 e. The highest BCUT2D eigenvalue weighted by molar-refractivity contribution is 5.78. The summed E-state index contributed by atoms with van der Waals surface area (Å²) < 4.78 is 6.12. The molecule has 140 valence electrons. The predicted molar refractivity (Wildman–Crippen MR) is 106 cm³/mol. The Morgan fingerprint density at radius 1 is 1.15 bits per heavy atom. The average Bonchev–Trinajstić information content (AvgIpc) is 2.64. The van der Waals surface area contributed by atoms with E-state index in [9.17, 15) is 5.11 Å². The molecule has 2 unspecified atom stereocenters. The number of aryl methyl sites for hydroxylation is 1. The number of hydrogen-bond acceptors (Lipinski definition) is 5. The van der Waals surface area contributed by atoms with Gasteiger partial charge in [-0.1, -0.05) is 30.3 Å². The van der Waals surface area contributed by atoms with E-state index >= 15 is 0 Å². The Balaban J connectivity index is 1.65. The first kappa shape index (κ1) is 17.9. The second kappa shape index (κ2) is 6.91. The van der Waals surface area contributed by atoms with Crippen molar-refractivity contribution in [2.75, 3.05) is 6.54 Å². The van der Waals surface area contributed by atoms with Crippen molar-refractivity contribution in [3.8, 4) is 5.75 Å². The van der Waals surface area contributed by atoms with Crippen LogP contribution >= 0.6 is 0 Å². The van der Waals surface area contributed by atoms with Gasteiger partial charge in [-0.25, -0.2) is 4.98 Å². The van der Waals surface area contributed by atoms with Gasteiger partial charge in [-0.3, -0.25) is 4.98 Å². The molecule has 1 aromatic heterocycles. The van der Waals surface area contributed by atoms with Crippen molar-refractivity contribution < 1.29 is 9.84 Å². The highest BCUT2D eigenvalue weighted by Crippen LogP contribution is 2.41. The second-order valence-corrected chi connectivity index (χ2v) is 7.71. The van der Waals surface area contributed by atoms with Crippen LogP contribution in [0.4, 0.5) is 0 Å². The third-order valence-electron chi connectivity index (χ3n) is 5.15. The largest absolute Gasteiger partial charge is 0.485 e. The minimum atomic E-state index is -0.692. The fourth-order valence-corrected chi connectivity index (χ4v) is 3.63. The number of nitrogens with zero attached hydrogens (tertiary/aromatic N) is 2. The SMILES string of the molecule is Cc1cnc2cc3c(cc2n1)OC(C)(C)C(O)C3NCCc1ccccc1. The first-order valence-corrected chi connectivity index (χ1v) is 9.36. The predicted octanol–water partition coefficient (Wildman–Crippen LogP) is 3.34. The van der Waals surface area contributed by atoms with Crippen molar-refractivity contribution in [1.82, 2.24) is 15.3 Å². The normalized spacial score (nSPS) is 20.9. The van der Waals surface area contributed by atoms with E-state index in [1.54, 1.807) is 6.20 Å². The Labute approximate surface area is 159 Å². The number of ether oxygens (including phenoxy) is 1. The zero-order valence-electron chi connectivity index (χ0n) is 15.9. The third-order valence-corrected chi connectivity index (χ3v) is 5.15. The van der Waals surface area contributed by atoms with Gasteiger partial charge in [-0.05, 0) is 45.4 Å². The summed E-state index contributed by atoms with van der Waals surface area (Å²) in [7, 11) is 0. The molecule has 0 amide bonds. The molecule has 2 heterocycles. The van der Waals surface area contributed by atoms with Crippen LogP contribution in [-0.4, -0.2) is 33.3 Å². The molecule has 4 rings (SSSR count). The molecule has 5 heteroatoms. The topological polar surface area (TPSA) is 67.3 Å². The van der Waals surface area contributed by atoms with Gasteiger partial charge in [-0.15, -0.1) is 0 Å². The van der Waals surface area contributed by atoms with Crippen LogP contribution in [0.1, 0.15) is 36.7 Å². The maximum absolute atomic E-state index is 10.9. The summed E-state index contributed by atoms with van der Waals surface area (Å²) in [6.07, 6.45) is 1.99. The van der Waals surface area contributed by atoms with E-state index < -0.39 is 11.7 Å². The smallest absolute Gasteiger partial charge is 0.131 e. The summed E-state index contributed by atoms with van der Waals surface area (Å²) in [4.78, 5) is 9.04. The van der Waals surface area contributed by atoms with Gasteiger partial charge in [0.15, 0.2) is 0 Å². The number of rotatable bonds is 4. The van der Waals surface area contributed by atoms with Crippen LogP contribution in [-0.2, 0) is 6.42 Å². The Morgan fingerprint density at radius 2 is 1.93 bits per heavy atom. The van der Waals surface area contributed by atoms with Crippen LogP contribution < -0.4 is 10.1 Å². The fourth-order valence-electron chi connectivity index (χ4n) is 3.63.